The Hall–Kier alpha value is -1.25. The fourth-order valence-corrected chi connectivity index (χ4v) is 1.88. The molecule has 0 atom stereocenters. The lowest BCUT2D eigenvalue weighted by Gasteiger charge is -1.99. The van der Waals surface area contributed by atoms with Gasteiger partial charge in [-0.3, -0.25) is 4.79 Å². The zero-order valence-electron chi connectivity index (χ0n) is 8.84. The molecule has 2 aromatic rings. The van der Waals surface area contributed by atoms with Crippen LogP contribution in [0.3, 0.4) is 0 Å². The van der Waals surface area contributed by atoms with Gasteiger partial charge >= 0.3 is 0 Å². The van der Waals surface area contributed by atoms with E-state index in [4.69, 9.17) is 4.52 Å². The lowest BCUT2D eigenvalue weighted by Crippen LogP contribution is -2.23. The molecule has 6 nitrogen and oxygen atoms in total. The van der Waals surface area contributed by atoms with Crippen molar-refractivity contribution in [1.82, 2.24) is 19.9 Å². The molecule has 3 rings (SSSR count). The standard InChI is InChI=1S/C10H9IN4O2/c11-7-3-9(16)15(12-4-7)5-8-13-10(17-14-8)6-1-2-6/h3-4,6H,1-2,5H2. The molecule has 0 saturated heterocycles. The van der Waals surface area contributed by atoms with E-state index >= 15 is 0 Å². The molecule has 1 fully saturated rings. The SMILES string of the molecule is O=c1cc(I)cnn1Cc1noc(C2CC2)n1. The van der Waals surface area contributed by atoms with Gasteiger partial charge in [0, 0.05) is 15.6 Å². The summed E-state index contributed by atoms with van der Waals surface area (Å²) in [4.78, 5) is 15.9. The van der Waals surface area contributed by atoms with E-state index in [0.29, 0.717) is 17.6 Å². The van der Waals surface area contributed by atoms with Gasteiger partial charge in [-0.1, -0.05) is 5.16 Å². The molecule has 0 N–H and O–H groups in total. The zero-order chi connectivity index (χ0) is 11.8. The van der Waals surface area contributed by atoms with Gasteiger partial charge in [0.25, 0.3) is 5.56 Å². The number of hydrogen-bond acceptors (Lipinski definition) is 5. The molecule has 0 aromatic carbocycles. The molecule has 0 amide bonds. The summed E-state index contributed by atoms with van der Waals surface area (Å²) in [6.45, 7) is 0.256. The van der Waals surface area contributed by atoms with Gasteiger partial charge in [0.15, 0.2) is 5.82 Å². The van der Waals surface area contributed by atoms with Gasteiger partial charge in [0.05, 0.1) is 6.20 Å². The Labute approximate surface area is 110 Å². The molecule has 88 valence electrons. The van der Waals surface area contributed by atoms with E-state index in [1.165, 1.54) is 10.7 Å². The maximum Gasteiger partial charge on any atom is 0.268 e. The van der Waals surface area contributed by atoms with E-state index in [-0.39, 0.29) is 12.1 Å². The summed E-state index contributed by atoms with van der Waals surface area (Å²) >= 11 is 2.05. The van der Waals surface area contributed by atoms with Crippen LogP contribution >= 0.6 is 22.6 Å². The third-order valence-corrected chi connectivity index (χ3v) is 3.13. The maximum atomic E-state index is 11.6. The molecule has 0 aliphatic heterocycles. The van der Waals surface area contributed by atoms with Crippen LogP contribution in [0.15, 0.2) is 21.6 Å². The van der Waals surface area contributed by atoms with Crippen LogP contribution in [0.2, 0.25) is 0 Å². The fraction of sp³-hybridized carbons (Fsp3) is 0.400. The number of aromatic nitrogens is 4. The number of nitrogens with zero attached hydrogens (tertiary/aromatic N) is 4. The maximum absolute atomic E-state index is 11.6. The van der Waals surface area contributed by atoms with E-state index in [0.717, 1.165) is 16.4 Å². The summed E-state index contributed by atoms with van der Waals surface area (Å²) in [6.07, 6.45) is 3.86. The predicted molar refractivity (Wildman–Crippen MR) is 66.6 cm³/mol. The van der Waals surface area contributed by atoms with Gasteiger partial charge in [-0.05, 0) is 35.4 Å². The average molecular weight is 344 g/mol. The van der Waals surface area contributed by atoms with Crippen molar-refractivity contribution in [1.29, 1.82) is 0 Å². The Morgan fingerprint density at radius 2 is 2.35 bits per heavy atom. The number of hydrogen-bond donors (Lipinski definition) is 0. The molecule has 1 aliphatic carbocycles. The first kappa shape index (κ1) is 10.9. The summed E-state index contributed by atoms with van der Waals surface area (Å²) in [7, 11) is 0. The highest BCUT2D eigenvalue weighted by molar-refractivity contribution is 14.1. The Balaban J connectivity index is 1.83. The molecule has 17 heavy (non-hydrogen) atoms. The van der Waals surface area contributed by atoms with Crippen LogP contribution in [0.4, 0.5) is 0 Å². The lowest BCUT2D eigenvalue weighted by atomic mass is 10.4. The Morgan fingerprint density at radius 3 is 3.06 bits per heavy atom. The van der Waals surface area contributed by atoms with Crippen molar-refractivity contribution in [3.63, 3.8) is 0 Å². The molecule has 0 spiro atoms. The minimum Gasteiger partial charge on any atom is -0.339 e. The monoisotopic (exact) mass is 344 g/mol. The molecule has 1 aliphatic rings. The number of halogens is 1. The third-order valence-electron chi connectivity index (χ3n) is 2.54. The van der Waals surface area contributed by atoms with Crippen molar-refractivity contribution < 1.29 is 4.52 Å². The summed E-state index contributed by atoms with van der Waals surface area (Å²) in [5.41, 5.74) is -0.158. The summed E-state index contributed by atoms with van der Waals surface area (Å²) < 4.78 is 7.26. The first-order chi connectivity index (χ1) is 8.22. The van der Waals surface area contributed by atoms with Crippen LogP contribution in [0.5, 0.6) is 0 Å². The molecular weight excluding hydrogens is 335 g/mol. The Morgan fingerprint density at radius 1 is 1.53 bits per heavy atom. The van der Waals surface area contributed by atoms with Crippen LogP contribution in [-0.4, -0.2) is 19.9 Å². The van der Waals surface area contributed by atoms with Crippen LogP contribution < -0.4 is 5.56 Å². The van der Waals surface area contributed by atoms with Gasteiger partial charge < -0.3 is 4.52 Å². The predicted octanol–water partition coefficient (Wildman–Crippen LogP) is 1.16. The molecule has 2 aromatic heterocycles. The van der Waals surface area contributed by atoms with Crippen molar-refractivity contribution in [2.75, 3.05) is 0 Å². The van der Waals surface area contributed by atoms with Gasteiger partial charge in [-0.2, -0.15) is 10.1 Å². The van der Waals surface area contributed by atoms with Crippen molar-refractivity contribution in [2.45, 2.75) is 25.3 Å². The summed E-state index contributed by atoms with van der Waals surface area (Å²) in [5, 5.41) is 7.87. The third kappa shape index (κ3) is 2.38. The van der Waals surface area contributed by atoms with Crippen LogP contribution in [-0.2, 0) is 6.54 Å². The van der Waals surface area contributed by atoms with E-state index < -0.39 is 0 Å². The Bertz CT molecular complexity index is 602. The zero-order valence-corrected chi connectivity index (χ0v) is 11.0. The van der Waals surface area contributed by atoms with Gasteiger partial charge in [-0.15, -0.1) is 0 Å². The summed E-state index contributed by atoms with van der Waals surface area (Å²) in [5.74, 6) is 1.61. The molecular formula is C10H9IN4O2. The van der Waals surface area contributed by atoms with Crippen LogP contribution in [0.1, 0.15) is 30.5 Å². The second-order valence-electron chi connectivity index (χ2n) is 3.99. The van der Waals surface area contributed by atoms with Crippen LogP contribution in [0.25, 0.3) is 0 Å². The van der Waals surface area contributed by atoms with Crippen molar-refractivity contribution >= 4 is 22.6 Å². The van der Waals surface area contributed by atoms with Crippen molar-refractivity contribution in [3.05, 3.63) is 37.9 Å². The number of rotatable bonds is 3. The van der Waals surface area contributed by atoms with E-state index in [2.05, 4.69) is 15.2 Å². The van der Waals surface area contributed by atoms with E-state index in [9.17, 15) is 4.79 Å². The van der Waals surface area contributed by atoms with Crippen molar-refractivity contribution in [3.8, 4) is 0 Å². The normalized spacial score (nSPS) is 15.1. The second kappa shape index (κ2) is 4.21. The van der Waals surface area contributed by atoms with Gasteiger partial charge in [-0.25, -0.2) is 4.68 Å². The molecule has 0 radical (unpaired) electrons. The van der Waals surface area contributed by atoms with Gasteiger partial charge in [0.1, 0.15) is 6.54 Å². The largest absolute Gasteiger partial charge is 0.339 e. The molecule has 0 bridgehead atoms. The average Bonchev–Trinajstić information content (AvgIpc) is 3.04. The summed E-state index contributed by atoms with van der Waals surface area (Å²) in [6, 6.07) is 1.52. The fourth-order valence-electron chi connectivity index (χ4n) is 1.49. The van der Waals surface area contributed by atoms with E-state index in [1.807, 2.05) is 22.6 Å². The molecule has 2 heterocycles. The highest BCUT2D eigenvalue weighted by atomic mass is 127. The topological polar surface area (TPSA) is 73.8 Å². The van der Waals surface area contributed by atoms with Crippen LogP contribution in [0, 0.1) is 3.57 Å². The first-order valence-corrected chi connectivity index (χ1v) is 6.35. The highest BCUT2D eigenvalue weighted by Gasteiger charge is 2.29. The molecule has 7 heteroatoms. The second-order valence-corrected chi connectivity index (χ2v) is 5.24. The quantitative estimate of drug-likeness (QED) is 0.782. The minimum atomic E-state index is -0.158. The molecule has 0 unspecified atom stereocenters. The minimum absolute atomic E-state index is 0.158. The molecule has 1 saturated carbocycles. The Kier molecular flexibility index (Phi) is 2.69. The lowest BCUT2D eigenvalue weighted by molar-refractivity contribution is 0.372. The van der Waals surface area contributed by atoms with Crippen molar-refractivity contribution in [2.24, 2.45) is 0 Å². The smallest absolute Gasteiger partial charge is 0.268 e. The highest BCUT2D eigenvalue weighted by Crippen LogP contribution is 2.38. The first-order valence-electron chi connectivity index (χ1n) is 5.27. The van der Waals surface area contributed by atoms with E-state index in [1.54, 1.807) is 6.20 Å². The van der Waals surface area contributed by atoms with Gasteiger partial charge in [0.2, 0.25) is 5.89 Å².